The van der Waals surface area contributed by atoms with Crippen molar-refractivity contribution in [3.8, 4) is 0 Å². The first-order valence-corrected chi connectivity index (χ1v) is 3.45. The van der Waals surface area contributed by atoms with Gasteiger partial charge in [0.1, 0.15) is 6.54 Å². The number of carbonyl (C=O) groups excluding carboxylic acids is 1. The van der Waals surface area contributed by atoms with Crippen molar-refractivity contribution in [2.75, 3.05) is 6.54 Å². The van der Waals surface area contributed by atoms with E-state index in [0.717, 1.165) is 0 Å². The number of hydrogen-bond acceptors (Lipinski definition) is 3. The largest absolute Gasteiger partial charge is 0.353 e. The fourth-order valence-corrected chi connectivity index (χ4v) is 0.865. The van der Waals surface area contributed by atoms with Crippen LogP contribution in [0.5, 0.6) is 0 Å². The third-order valence-electron chi connectivity index (χ3n) is 1.56. The Bertz CT molecular complexity index is 195. The van der Waals surface area contributed by atoms with Gasteiger partial charge in [-0.25, -0.2) is 4.99 Å². The highest BCUT2D eigenvalue weighted by Gasteiger charge is 2.24. The first kappa shape index (κ1) is 5.70. The van der Waals surface area contributed by atoms with Crippen LogP contribution in [0.3, 0.4) is 0 Å². The van der Waals surface area contributed by atoms with Gasteiger partial charge in [-0.3, -0.25) is 10.1 Å². The Morgan fingerprint density at radius 1 is 1.60 bits per heavy atom. The summed E-state index contributed by atoms with van der Waals surface area (Å²) in [5.41, 5.74) is 0. The summed E-state index contributed by atoms with van der Waals surface area (Å²) in [6.07, 6.45) is 2.41. The van der Waals surface area contributed by atoms with Crippen molar-refractivity contribution in [2.45, 2.75) is 18.9 Å². The molecule has 2 rings (SSSR count). The van der Waals surface area contributed by atoms with E-state index in [1.807, 2.05) is 0 Å². The lowest BCUT2D eigenvalue weighted by Crippen LogP contribution is -2.37. The summed E-state index contributed by atoms with van der Waals surface area (Å²) in [7, 11) is 0. The second-order valence-electron chi connectivity index (χ2n) is 2.63. The average molecular weight is 139 g/mol. The van der Waals surface area contributed by atoms with Crippen molar-refractivity contribution in [3.05, 3.63) is 0 Å². The molecular formula is C6H9N3O. The van der Waals surface area contributed by atoms with E-state index in [1.54, 1.807) is 0 Å². The van der Waals surface area contributed by atoms with Crippen LogP contribution in [-0.2, 0) is 4.79 Å². The normalized spacial score (nSPS) is 24.0. The molecule has 10 heavy (non-hydrogen) atoms. The lowest BCUT2D eigenvalue weighted by atomic mass is 10.6. The maximum Gasteiger partial charge on any atom is 0.248 e. The molecule has 1 fully saturated rings. The molecule has 0 saturated heterocycles. The van der Waals surface area contributed by atoms with Crippen LogP contribution in [0.15, 0.2) is 4.99 Å². The van der Waals surface area contributed by atoms with Crippen LogP contribution in [0.2, 0.25) is 0 Å². The van der Waals surface area contributed by atoms with Crippen molar-refractivity contribution in [1.29, 1.82) is 0 Å². The first-order valence-electron chi connectivity index (χ1n) is 3.45. The summed E-state index contributed by atoms with van der Waals surface area (Å²) in [6.45, 7) is 0.287. The van der Waals surface area contributed by atoms with Crippen LogP contribution in [0, 0.1) is 0 Å². The number of aliphatic imine (C=N–C) groups is 1. The van der Waals surface area contributed by atoms with E-state index in [9.17, 15) is 4.79 Å². The second-order valence-corrected chi connectivity index (χ2v) is 2.63. The van der Waals surface area contributed by atoms with Crippen molar-refractivity contribution < 1.29 is 4.79 Å². The Balaban J connectivity index is 1.87. The Morgan fingerprint density at radius 2 is 2.40 bits per heavy atom. The topological polar surface area (TPSA) is 53.5 Å². The predicted octanol–water partition coefficient (Wildman–Crippen LogP) is -0.776. The number of nitrogens with zero attached hydrogens (tertiary/aromatic N) is 1. The second kappa shape index (κ2) is 1.97. The highest BCUT2D eigenvalue weighted by atomic mass is 16.2. The zero-order chi connectivity index (χ0) is 6.97. The Kier molecular flexibility index (Phi) is 1.12. The lowest BCUT2D eigenvalue weighted by molar-refractivity contribution is -0.117. The van der Waals surface area contributed by atoms with Crippen molar-refractivity contribution in [2.24, 2.45) is 4.99 Å². The van der Waals surface area contributed by atoms with Gasteiger partial charge >= 0.3 is 0 Å². The maximum atomic E-state index is 10.6. The van der Waals surface area contributed by atoms with Gasteiger partial charge in [-0.15, -0.1) is 0 Å². The predicted molar refractivity (Wildman–Crippen MR) is 36.6 cm³/mol. The minimum atomic E-state index is -0.0110. The molecule has 0 bridgehead atoms. The molecule has 2 N–H and O–H groups in total. The van der Waals surface area contributed by atoms with Gasteiger partial charge in [0.25, 0.3) is 0 Å². The monoisotopic (exact) mass is 139 g/mol. The Labute approximate surface area is 58.7 Å². The minimum Gasteiger partial charge on any atom is -0.353 e. The molecule has 1 amide bonds. The summed E-state index contributed by atoms with van der Waals surface area (Å²) in [5, 5.41) is 5.73. The van der Waals surface area contributed by atoms with Crippen molar-refractivity contribution >= 4 is 11.9 Å². The maximum absolute atomic E-state index is 10.6. The number of guanidine groups is 1. The van der Waals surface area contributed by atoms with Crippen LogP contribution in [0.4, 0.5) is 0 Å². The minimum absolute atomic E-state index is 0.0110. The van der Waals surface area contributed by atoms with Gasteiger partial charge in [-0.2, -0.15) is 0 Å². The molecule has 1 saturated carbocycles. The smallest absolute Gasteiger partial charge is 0.248 e. The molecule has 0 radical (unpaired) electrons. The van der Waals surface area contributed by atoms with E-state index in [0.29, 0.717) is 12.0 Å². The van der Waals surface area contributed by atoms with Gasteiger partial charge in [0.2, 0.25) is 5.91 Å². The van der Waals surface area contributed by atoms with Gasteiger partial charge in [0.15, 0.2) is 5.96 Å². The molecule has 0 spiro atoms. The zero-order valence-corrected chi connectivity index (χ0v) is 5.55. The van der Waals surface area contributed by atoms with Crippen molar-refractivity contribution in [1.82, 2.24) is 10.6 Å². The number of amides is 1. The summed E-state index contributed by atoms with van der Waals surface area (Å²) >= 11 is 0. The van der Waals surface area contributed by atoms with E-state index in [-0.39, 0.29) is 12.5 Å². The van der Waals surface area contributed by atoms with Crippen LogP contribution < -0.4 is 10.6 Å². The molecular weight excluding hydrogens is 130 g/mol. The summed E-state index contributed by atoms with van der Waals surface area (Å²) < 4.78 is 0. The SMILES string of the molecule is O=C1CN=C(NC2CC2)N1. The van der Waals surface area contributed by atoms with E-state index in [1.165, 1.54) is 12.8 Å². The molecule has 0 atom stereocenters. The number of nitrogens with one attached hydrogen (secondary N) is 2. The van der Waals surface area contributed by atoms with E-state index < -0.39 is 0 Å². The molecule has 0 aromatic rings. The van der Waals surface area contributed by atoms with Gasteiger partial charge in [-0.1, -0.05) is 0 Å². The lowest BCUT2D eigenvalue weighted by Gasteiger charge is -2.00. The van der Waals surface area contributed by atoms with Gasteiger partial charge in [0.05, 0.1) is 0 Å². The Hall–Kier alpha value is -1.06. The third kappa shape index (κ3) is 1.10. The third-order valence-corrected chi connectivity index (χ3v) is 1.56. The molecule has 0 unspecified atom stereocenters. The highest BCUT2D eigenvalue weighted by molar-refractivity contribution is 6.03. The molecule has 54 valence electrons. The molecule has 4 heteroatoms. The molecule has 0 aromatic heterocycles. The molecule has 1 aliphatic heterocycles. The van der Waals surface area contributed by atoms with Crippen LogP contribution in [0.1, 0.15) is 12.8 Å². The number of rotatable bonds is 1. The van der Waals surface area contributed by atoms with Crippen LogP contribution in [-0.4, -0.2) is 24.5 Å². The van der Waals surface area contributed by atoms with E-state index in [2.05, 4.69) is 15.6 Å². The fraction of sp³-hybridized carbons (Fsp3) is 0.667. The number of hydrogen-bond donors (Lipinski definition) is 2. The molecule has 4 nitrogen and oxygen atoms in total. The standard InChI is InChI=1S/C6H9N3O/c10-5-3-7-6(9-5)8-4-1-2-4/h4H,1-3H2,(H2,7,8,9,10). The Morgan fingerprint density at radius 3 is 2.90 bits per heavy atom. The number of carbonyl (C=O) groups is 1. The fourth-order valence-electron chi connectivity index (χ4n) is 0.865. The first-order chi connectivity index (χ1) is 4.84. The van der Waals surface area contributed by atoms with Gasteiger partial charge in [-0.05, 0) is 12.8 Å². The van der Waals surface area contributed by atoms with Crippen LogP contribution in [0.25, 0.3) is 0 Å². The average Bonchev–Trinajstić information content (AvgIpc) is 2.59. The van der Waals surface area contributed by atoms with E-state index in [4.69, 9.17) is 0 Å². The van der Waals surface area contributed by atoms with Crippen LogP contribution >= 0.6 is 0 Å². The van der Waals surface area contributed by atoms with Crippen molar-refractivity contribution in [3.63, 3.8) is 0 Å². The van der Waals surface area contributed by atoms with Gasteiger partial charge < -0.3 is 5.32 Å². The summed E-state index contributed by atoms with van der Waals surface area (Å²) in [6, 6.07) is 0.567. The molecule has 2 aliphatic rings. The summed E-state index contributed by atoms with van der Waals surface area (Å²) in [5.74, 6) is 0.649. The molecule has 0 aromatic carbocycles. The quantitative estimate of drug-likeness (QED) is 0.501. The highest BCUT2D eigenvalue weighted by Crippen LogP contribution is 2.18. The summed E-state index contributed by atoms with van der Waals surface area (Å²) in [4.78, 5) is 14.5. The molecule has 1 heterocycles. The molecule has 1 aliphatic carbocycles. The zero-order valence-electron chi connectivity index (χ0n) is 5.55. The van der Waals surface area contributed by atoms with E-state index >= 15 is 0 Å². The van der Waals surface area contributed by atoms with Gasteiger partial charge in [0, 0.05) is 6.04 Å².